The van der Waals surface area contributed by atoms with E-state index < -0.39 is 5.60 Å². The third kappa shape index (κ3) is 3.41. The highest BCUT2D eigenvalue weighted by Crippen LogP contribution is 2.49. The van der Waals surface area contributed by atoms with Crippen LogP contribution >= 0.6 is 0 Å². The summed E-state index contributed by atoms with van der Waals surface area (Å²) >= 11 is 0. The molecule has 7 heteroatoms. The Hall–Kier alpha value is -2.98. The van der Waals surface area contributed by atoms with Gasteiger partial charge in [-0.2, -0.15) is 5.26 Å². The third-order valence-electron chi connectivity index (χ3n) is 6.52. The second-order valence-corrected chi connectivity index (χ2v) is 8.40. The summed E-state index contributed by atoms with van der Waals surface area (Å²) in [5.74, 6) is 0.613. The maximum absolute atomic E-state index is 13.2. The quantitative estimate of drug-likeness (QED) is 0.764. The van der Waals surface area contributed by atoms with E-state index in [-0.39, 0.29) is 30.4 Å². The number of rotatable bonds is 5. The molecule has 1 amide bonds. The number of ether oxygens (including phenoxy) is 1. The summed E-state index contributed by atoms with van der Waals surface area (Å²) in [5, 5.41) is 8.97. The second kappa shape index (κ2) is 7.37. The number of carbonyl (C=O) groups is 1. The molecule has 154 valence electrons. The zero-order valence-electron chi connectivity index (χ0n) is 16.6. The van der Waals surface area contributed by atoms with Gasteiger partial charge < -0.3 is 14.5 Å². The van der Waals surface area contributed by atoms with Crippen LogP contribution in [0, 0.1) is 17.1 Å². The van der Waals surface area contributed by atoms with Crippen molar-refractivity contribution in [2.45, 2.75) is 43.4 Å². The van der Waals surface area contributed by atoms with E-state index in [1.165, 1.54) is 12.1 Å². The molecule has 2 atom stereocenters. The van der Waals surface area contributed by atoms with Crippen LogP contribution in [0.3, 0.4) is 0 Å². The molecule has 1 aromatic heterocycles. The molecule has 5 rings (SSSR count). The van der Waals surface area contributed by atoms with Crippen molar-refractivity contribution in [2.24, 2.45) is 0 Å². The lowest BCUT2D eigenvalue weighted by Gasteiger charge is -2.41. The van der Waals surface area contributed by atoms with Crippen molar-refractivity contribution < 1.29 is 13.9 Å². The molecule has 0 N–H and O–H groups in total. The van der Waals surface area contributed by atoms with Crippen molar-refractivity contribution in [3.8, 4) is 6.07 Å². The first-order valence-electron chi connectivity index (χ1n) is 10.4. The van der Waals surface area contributed by atoms with Gasteiger partial charge in [0.25, 0.3) is 0 Å². The van der Waals surface area contributed by atoms with Crippen molar-refractivity contribution in [2.75, 3.05) is 24.6 Å². The highest BCUT2D eigenvalue weighted by Gasteiger charge is 2.47. The van der Waals surface area contributed by atoms with Crippen LogP contribution in [0.5, 0.6) is 0 Å². The van der Waals surface area contributed by atoms with Crippen LogP contribution in [0.25, 0.3) is 0 Å². The van der Waals surface area contributed by atoms with Gasteiger partial charge in [0.15, 0.2) is 0 Å². The van der Waals surface area contributed by atoms with E-state index in [2.05, 4.69) is 16.0 Å². The monoisotopic (exact) mass is 406 g/mol. The molecule has 30 heavy (non-hydrogen) atoms. The Bertz CT molecular complexity index is 968. The fraction of sp³-hybridized carbons (Fsp3) is 0.435. The van der Waals surface area contributed by atoms with Crippen LogP contribution in [-0.4, -0.2) is 47.6 Å². The van der Waals surface area contributed by atoms with Crippen LogP contribution in [0.15, 0.2) is 42.6 Å². The smallest absolute Gasteiger partial charge is 0.248 e. The van der Waals surface area contributed by atoms with Gasteiger partial charge in [-0.15, -0.1) is 0 Å². The van der Waals surface area contributed by atoms with Crippen LogP contribution in [0.1, 0.15) is 36.8 Å². The van der Waals surface area contributed by atoms with E-state index in [1.54, 1.807) is 24.4 Å². The summed E-state index contributed by atoms with van der Waals surface area (Å²) in [4.78, 5) is 21.5. The first-order chi connectivity index (χ1) is 14.6. The summed E-state index contributed by atoms with van der Waals surface area (Å²) < 4.78 is 19.2. The molecule has 1 aromatic carbocycles. The molecule has 1 aliphatic carbocycles. The summed E-state index contributed by atoms with van der Waals surface area (Å²) in [5.41, 5.74) is 1.05. The van der Waals surface area contributed by atoms with Gasteiger partial charge in [0, 0.05) is 31.4 Å². The zero-order valence-corrected chi connectivity index (χ0v) is 16.6. The van der Waals surface area contributed by atoms with Crippen molar-refractivity contribution in [3.05, 3.63) is 59.5 Å². The highest BCUT2D eigenvalue weighted by molar-refractivity contribution is 5.78. The number of halogens is 1. The maximum Gasteiger partial charge on any atom is 0.248 e. The van der Waals surface area contributed by atoms with Crippen LogP contribution < -0.4 is 4.90 Å². The van der Waals surface area contributed by atoms with Crippen LogP contribution in [-0.2, 0) is 15.1 Å². The summed E-state index contributed by atoms with van der Waals surface area (Å²) in [6.07, 6.45) is 5.36. The minimum absolute atomic E-state index is 0.00715. The Labute approximate surface area is 174 Å². The third-order valence-corrected chi connectivity index (χ3v) is 6.52. The lowest BCUT2D eigenvalue weighted by atomic mass is 10.1. The first kappa shape index (κ1) is 19.0. The molecule has 1 saturated carbocycles. The molecule has 0 radical (unpaired) electrons. The van der Waals surface area contributed by atoms with Gasteiger partial charge >= 0.3 is 0 Å². The van der Waals surface area contributed by atoms with Gasteiger partial charge in [-0.05, 0) is 55.5 Å². The normalized spacial score (nSPS) is 23.9. The van der Waals surface area contributed by atoms with Gasteiger partial charge in [-0.25, -0.2) is 9.37 Å². The fourth-order valence-electron chi connectivity index (χ4n) is 4.76. The predicted octanol–water partition coefficient (Wildman–Crippen LogP) is 2.98. The number of amides is 1. The molecule has 3 fully saturated rings. The van der Waals surface area contributed by atoms with Gasteiger partial charge in [-0.1, -0.05) is 12.1 Å². The van der Waals surface area contributed by atoms with Crippen molar-refractivity contribution in [1.82, 2.24) is 9.88 Å². The maximum atomic E-state index is 13.2. The van der Waals surface area contributed by atoms with Crippen LogP contribution in [0.2, 0.25) is 0 Å². The number of likely N-dealkylation sites (tertiary alicyclic amines) is 1. The Morgan fingerprint density at radius 3 is 2.43 bits per heavy atom. The SMILES string of the molecule is N#Cc1ccc(N2C3CC[C@H]2CN(C(=O)COC2(c4ccc(F)cc4)CC2)C3)nc1. The second-order valence-electron chi connectivity index (χ2n) is 8.40. The van der Waals surface area contributed by atoms with E-state index in [0.29, 0.717) is 18.7 Å². The molecule has 6 nitrogen and oxygen atoms in total. The number of carbonyl (C=O) groups excluding carboxylic acids is 1. The molecule has 3 aliphatic rings. The average molecular weight is 406 g/mol. The molecule has 1 unspecified atom stereocenters. The molecular formula is C23H23FN4O2. The number of hydrogen-bond acceptors (Lipinski definition) is 5. The Morgan fingerprint density at radius 2 is 1.87 bits per heavy atom. The molecule has 3 heterocycles. The fourth-order valence-corrected chi connectivity index (χ4v) is 4.76. The average Bonchev–Trinajstić information content (AvgIpc) is 3.52. The van der Waals surface area contributed by atoms with E-state index in [4.69, 9.17) is 10.00 Å². The molecular weight excluding hydrogens is 383 g/mol. The molecule has 2 saturated heterocycles. The van der Waals surface area contributed by atoms with Crippen molar-refractivity contribution in [3.63, 3.8) is 0 Å². The number of fused-ring (bicyclic) bond motifs is 2. The molecule has 2 aliphatic heterocycles. The van der Waals surface area contributed by atoms with Gasteiger partial charge in [-0.3, -0.25) is 4.79 Å². The number of pyridine rings is 1. The molecule has 0 spiro atoms. The van der Waals surface area contributed by atoms with Gasteiger partial charge in [0.1, 0.15) is 24.3 Å². The largest absolute Gasteiger partial charge is 0.360 e. The standard InChI is InChI=1S/C23H23FN4O2/c24-18-4-2-17(3-5-18)23(9-10-23)30-15-22(29)27-13-19-6-7-20(14-27)28(19)21-8-1-16(11-25)12-26-21/h1-5,8,12,19-20H,6-7,9-10,13-15H2/t19-,20?/m0/s1. The summed E-state index contributed by atoms with van der Waals surface area (Å²) in [7, 11) is 0. The minimum Gasteiger partial charge on any atom is -0.360 e. The van der Waals surface area contributed by atoms with Gasteiger partial charge in [0.05, 0.1) is 11.2 Å². The number of piperazine rings is 1. The minimum atomic E-state index is -0.434. The lowest BCUT2D eigenvalue weighted by Crippen LogP contribution is -2.56. The number of nitrogens with zero attached hydrogens (tertiary/aromatic N) is 4. The van der Waals surface area contributed by atoms with Gasteiger partial charge in [0.2, 0.25) is 5.91 Å². The number of hydrogen-bond donors (Lipinski definition) is 0. The van der Waals surface area contributed by atoms with E-state index in [9.17, 15) is 9.18 Å². The summed E-state index contributed by atoms with van der Waals surface area (Å²) in [6, 6.07) is 12.6. The van der Waals surface area contributed by atoms with E-state index in [0.717, 1.165) is 37.1 Å². The topological polar surface area (TPSA) is 69.5 Å². The molecule has 2 bridgehead atoms. The Kier molecular flexibility index (Phi) is 4.67. The highest BCUT2D eigenvalue weighted by atomic mass is 19.1. The van der Waals surface area contributed by atoms with E-state index >= 15 is 0 Å². The number of nitriles is 1. The Balaban J connectivity index is 1.21. The lowest BCUT2D eigenvalue weighted by molar-refractivity contribution is -0.140. The van der Waals surface area contributed by atoms with Crippen molar-refractivity contribution >= 4 is 11.7 Å². The zero-order chi connectivity index (χ0) is 20.7. The Morgan fingerprint density at radius 1 is 1.17 bits per heavy atom. The predicted molar refractivity (Wildman–Crippen MR) is 108 cm³/mol. The number of benzene rings is 1. The first-order valence-corrected chi connectivity index (χ1v) is 10.4. The molecule has 2 aromatic rings. The summed E-state index contributed by atoms with van der Waals surface area (Å²) in [6.45, 7) is 1.36. The number of aromatic nitrogens is 1. The van der Waals surface area contributed by atoms with Crippen LogP contribution in [0.4, 0.5) is 10.2 Å². The van der Waals surface area contributed by atoms with Crippen molar-refractivity contribution in [1.29, 1.82) is 5.26 Å². The van der Waals surface area contributed by atoms with E-state index in [1.807, 2.05) is 11.0 Å². The number of anilines is 1.